The maximum atomic E-state index is 13.8. The molecule has 42 heavy (non-hydrogen) atoms. The second-order valence-corrected chi connectivity index (χ2v) is 11.1. The molecule has 1 aliphatic heterocycles. The molecule has 8 nitrogen and oxygen atoms in total. The summed E-state index contributed by atoms with van der Waals surface area (Å²) in [5.41, 5.74) is 1.98. The molecule has 0 bridgehead atoms. The Morgan fingerprint density at radius 3 is 2.40 bits per heavy atom. The van der Waals surface area contributed by atoms with Crippen LogP contribution in [0.5, 0.6) is 0 Å². The van der Waals surface area contributed by atoms with E-state index in [4.69, 9.17) is 4.74 Å². The standard InChI is InChI=1S/C31H30F3N5O3/c1-30(2,3)42-29(41)39-15-12-21-26(18-39)35-17-25(27(21)19-8-6-5-7-9-19)36-28(40)20-10-11-23(31(32,33)34)22(16-20)24-13-14-38(4)37-24/h5-11,13-14,16-17H,12,15,18H2,1-4H3,(H,36,40). The first-order chi connectivity index (χ1) is 19.8. The van der Waals surface area contributed by atoms with Crippen molar-refractivity contribution in [1.29, 1.82) is 0 Å². The monoisotopic (exact) mass is 577 g/mol. The number of aryl methyl sites for hydroxylation is 1. The van der Waals surface area contributed by atoms with E-state index >= 15 is 0 Å². The van der Waals surface area contributed by atoms with Crippen molar-refractivity contribution in [3.05, 3.63) is 89.4 Å². The van der Waals surface area contributed by atoms with Crippen molar-refractivity contribution >= 4 is 17.7 Å². The molecule has 0 atom stereocenters. The molecule has 0 aliphatic carbocycles. The summed E-state index contributed by atoms with van der Waals surface area (Å²) < 4.78 is 48.3. The summed E-state index contributed by atoms with van der Waals surface area (Å²) in [6.07, 6.45) is -1.53. The van der Waals surface area contributed by atoms with Crippen LogP contribution in [-0.2, 0) is 30.9 Å². The molecule has 0 saturated carbocycles. The van der Waals surface area contributed by atoms with Crippen molar-refractivity contribution in [1.82, 2.24) is 19.7 Å². The third-order valence-electron chi connectivity index (χ3n) is 6.78. The number of aromatic nitrogens is 3. The zero-order chi connectivity index (χ0) is 30.2. The molecular weight excluding hydrogens is 547 g/mol. The van der Waals surface area contributed by atoms with E-state index in [0.29, 0.717) is 24.3 Å². The number of alkyl halides is 3. The highest BCUT2D eigenvalue weighted by Gasteiger charge is 2.35. The zero-order valence-electron chi connectivity index (χ0n) is 23.6. The van der Waals surface area contributed by atoms with Gasteiger partial charge in [0.15, 0.2) is 0 Å². The molecule has 0 radical (unpaired) electrons. The van der Waals surface area contributed by atoms with E-state index in [9.17, 15) is 22.8 Å². The highest BCUT2D eigenvalue weighted by Crippen LogP contribution is 2.38. The van der Waals surface area contributed by atoms with Crippen molar-refractivity contribution < 1.29 is 27.5 Å². The van der Waals surface area contributed by atoms with E-state index in [0.717, 1.165) is 28.8 Å². The number of ether oxygens (including phenoxy) is 1. The van der Waals surface area contributed by atoms with E-state index in [2.05, 4.69) is 15.4 Å². The van der Waals surface area contributed by atoms with Gasteiger partial charge in [-0.1, -0.05) is 30.3 Å². The number of benzene rings is 2. The highest BCUT2D eigenvalue weighted by atomic mass is 19.4. The molecule has 0 saturated heterocycles. The Labute approximate surface area is 241 Å². The van der Waals surface area contributed by atoms with Gasteiger partial charge in [-0.15, -0.1) is 0 Å². The van der Waals surface area contributed by atoms with Crippen LogP contribution in [0.2, 0.25) is 0 Å². The molecule has 4 aromatic rings. The normalized spacial score (nSPS) is 13.5. The third-order valence-corrected chi connectivity index (χ3v) is 6.78. The van der Waals surface area contributed by atoms with Crippen LogP contribution in [0, 0.1) is 0 Å². The smallest absolute Gasteiger partial charge is 0.417 e. The van der Waals surface area contributed by atoms with Gasteiger partial charge in [-0.3, -0.25) is 14.5 Å². The second kappa shape index (κ2) is 11.0. The number of nitrogens with one attached hydrogen (secondary N) is 1. The molecule has 0 spiro atoms. The SMILES string of the molecule is Cn1ccc(-c2cc(C(=O)Nc3cnc4c(c3-c3ccccc3)CCN(C(=O)OC(C)(C)C)C4)ccc2C(F)(F)F)n1. The van der Waals surface area contributed by atoms with Gasteiger partial charge in [-0.05, 0) is 62.6 Å². The quantitative estimate of drug-likeness (QED) is 0.291. The zero-order valence-corrected chi connectivity index (χ0v) is 23.6. The molecule has 11 heteroatoms. The molecule has 2 aromatic carbocycles. The molecule has 0 fully saturated rings. The lowest BCUT2D eigenvalue weighted by molar-refractivity contribution is -0.137. The van der Waals surface area contributed by atoms with Gasteiger partial charge < -0.3 is 15.0 Å². The van der Waals surface area contributed by atoms with Crippen molar-refractivity contribution in [3.8, 4) is 22.4 Å². The average molecular weight is 578 g/mol. The number of rotatable bonds is 4. The van der Waals surface area contributed by atoms with E-state index < -0.39 is 29.3 Å². The van der Waals surface area contributed by atoms with Gasteiger partial charge in [0.05, 0.1) is 35.4 Å². The van der Waals surface area contributed by atoms with Gasteiger partial charge in [-0.25, -0.2) is 4.79 Å². The van der Waals surface area contributed by atoms with Gasteiger partial charge >= 0.3 is 12.3 Å². The number of fused-ring (bicyclic) bond motifs is 1. The Kier molecular flexibility index (Phi) is 7.53. The number of carbonyl (C=O) groups is 2. The van der Waals surface area contributed by atoms with Gasteiger partial charge in [0.25, 0.3) is 5.91 Å². The van der Waals surface area contributed by atoms with Gasteiger partial charge in [0.1, 0.15) is 5.60 Å². The summed E-state index contributed by atoms with van der Waals surface area (Å²) >= 11 is 0. The van der Waals surface area contributed by atoms with Crippen LogP contribution in [0.3, 0.4) is 0 Å². The van der Waals surface area contributed by atoms with Crippen LogP contribution < -0.4 is 5.32 Å². The van der Waals surface area contributed by atoms with Crippen LogP contribution in [-0.4, -0.2) is 43.8 Å². The lowest BCUT2D eigenvalue weighted by Gasteiger charge is -2.32. The van der Waals surface area contributed by atoms with E-state index in [1.807, 2.05) is 30.3 Å². The van der Waals surface area contributed by atoms with Crippen LogP contribution in [0.25, 0.3) is 22.4 Å². The topological polar surface area (TPSA) is 89.4 Å². The summed E-state index contributed by atoms with van der Waals surface area (Å²) in [7, 11) is 1.61. The summed E-state index contributed by atoms with van der Waals surface area (Å²) in [4.78, 5) is 32.3. The van der Waals surface area contributed by atoms with E-state index in [1.54, 1.807) is 32.7 Å². The number of nitrogens with zero attached hydrogens (tertiary/aromatic N) is 4. The van der Waals surface area contributed by atoms with Crippen LogP contribution in [0.1, 0.15) is 48.0 Å². The first-order valence-corrected chi connectivity index (χ1v) is 13.4. The third kappa shape index (κ3) is 6.14. The number of hydrogen-bond donors (Lipinski definition) is 1. The van der Waals surface area contributed by atoms with Crippen molar-refractivity contribution in [2.75, 3.05) is 11.9 Å². The summed E-state index contributed by atoms with van der Waals surface area (Å²) in [6.45, 7) is 6.05. The number of amides is 2. The number of halogens is 3. The lowest BCUT2D eigenvalue weighted by atomic mass is 9.92. The number of anilines is 1. The van der Waals surface area contributed by atoms with Crippen LogP contribution in [0.4, 0.5) is 23.7 Å². The average Bonchev–Trinajstić information content (AvgIpc) is 3.37. The minimum absolute atomic E-state index is 0.0384. The summed E-state index contributed by atoms with van der Waals surface area (Å²) in [6, 6.07) is 14.1. The van der Waals surface area contributed by atoms with Gasteiger partial charge in [0, 0.05) is 36.5 Å². The van der Waals surface area contributed by atoms with E-state index in [-0.39, 0.29) is 23.4 Å². The predicted molar refractivity (Wildman–Crippen MR) is 152 cm³/mol. The fraction of sp³-hybridized carbons (Fsp3) is 0.290. The fourth-order valence-corrected chi connectivity index (χ4v) is 4.91. The number of pyridine rings is 1. The maximum absolute atomic E-state index is 13.8. The molecular formula is C31H30F3N5O3. The Morgan fingerprint density at radius 2 is 1.76 bits per heavy atom. The molecule has 3 heterocycles. The van der Waals surface area contributed by atoms with Gasteiger partial charge in [0.2, 0.25) is 0 Å². The first kappa shape index (κ1) is 28.8. The fourth-order valence-electron chi connectivity index (χ4n) is 4.91. The Balaban J connectivity index is 1.50. The Morgan fingerprint density at radius 1 is 1.02 bits per heavy atom. The molecule has 1 aliphatic rings. The maximum Gasteiger partial charge on any atom is 0.417 e. The molecule has 0 unspecified atom stereocenters. The minimum Gasteiger partial charge on any atom is -0.444 e. The summed E-state index contributed by atoms with van der Waals surface area (Å²) in [5.74, 6) is -0.592. The largest absolute Gasteiger partial charge is 0.444 e. The second-order valence-electron chi connectivity index (χ2n) is 11.1. The number of carbonyl (C=O) groups excluding carboxylic acids is 2. The molecule has 2 amide bonds. The van der Waals surface area contributed by atoms with Gasteiger partial charge in [-0.2, -0.15) is 18.3 Å². The van der Waals surface area contributed by atoms with E-state index in [1.165, 1.54) is 29.2 Å². The lowest BCUT2D eigenvalue weighted by Crippen LogP contribution is -2.40. The minimum atomic E-state index is -4.63. The molecule has 1 N–H and O–H groups in total. The molecule has 2 aromatic heterocycles. The van der Waals surface area contributed by atoms with Crippen LogP contribution >= 0.6 is 0 Å². The summed E-state index contributed by atoms with van der Waals surface area (Å²) in [5, 5.41) is 6.99. The number of hydrogen-bond acceptors (Lipinski definition) is 5. The first-order valence-electron chi connectivity index (χ1n) is 13.4. The predicted octanol–water partition coefficient (Wildman–Crippen LogP) is 6.71. The Hall–Kier alpha value is -4.67. The highest BCUT2D eigenvalue weighted by molar-refractivity contribution is 6.07. The molecule has 5 rings (SSSR count). The van der Waals surface area contributed by atoms with Crippen molar-refractivity contribution in [2.24, 2.45) is 7.05 Å². The van der Waals surface area contributed by atoms with Crippen molar-refractivity contribution in [2.45, 2.75) is 45.5 Å². The molecule has 218 valence electrons. The Bertz CT molecular complexity index is 1640. The van der Waals surface area contributed by atoms with Crippen molar-refractivity contribution in [3.63, 3.8) is 0 Å². The van der Waals surface area contributed by atoms with Crippen LogP contribution in [0.15, 0.2) is 67.0 Å².